The number of aromatic nitrogens is 2. The van der Waals surface area contributed by atoms with E-state index in [1.54, 1.807) is 6.92 Å². The van der Waals surface area contributed by atoms with Crippen molar-refractivity contribution in [1.82, 2.24) is 9.55 Å². The molecule has 2 aromatic carbocycles. The van der Waals surface area contributed by atoms with E-state index in [-0.39, 0.29) is 36.9 Å². The number of nitrogen functional groups attached to an aromatic ring is 1. The van der Waals surface area contributed by atoms with Gasteiger partial charge in [0.2, 0.25) is 5.91 Å². The number of nitrogens with two attached hydrogens (primary N) is 1. The molecule has 0 saturated heterocycles. The first-order valence-corrected chi connectivity index (χ1v) is 10.4. The Morgan fingerprint density at radius 3 is 2.35 bits per heavy atom. The molecule has 3 N–H and O–H groups in total. The largest absolute Gasteiger partial charge is 0.383 e. The molecule has 0 atom stereocenters. The molecule has 31 heavy (non-hydrogen) atoms. The Morgan fingerprint density at radius 2 is 1.71 bits per heavy atom. The lowest BCUT2D eigenvalue weighted by molar-refractivity contribution is -0.118. The monoisotopic (exact) mass is 420 g/mol. The van der Waals surface area contributed by atoms with Gasteiger partial charge in [0.1, 0.15) is 5.82 Å². The van der Waals surface area contributed by atoms with Gasteiger partial charge in [-0.05, 0) is 37.8 Å². The number of carbonyl (C=O) groups excluding carboxylic acids is 1. The number of H-pyrrole nitrogens is 1. The first kappa shape index (κ1) is 22.1. The summed E-state index contributed by atoms with van der Waals surface area (Å²) < 4.78 is 1.29. The first-order chi connectivity index (χ1) is 14.9. The van der Waals surface area contributed by atoms with Gasteiger partial charge in [0.25, 0.3) is 5.56 Å². The molecule has 0 fully saturated rings. The number of aryl methyl sites for hydroxylation is 2. The van der Waals surface area contributed by atoms with Crippen molar-refractivity contribution < 1.29 is 4.79 Å². The molecule has 0 aliphatic carbocycles. The van der Waals surface area contributed by atoms with Gasteiger partial charge in [0.05, 0.1) is 6.54 Å². The fourth-order valence-corrected chi connectivity index (χ4v) is 3.55. The number of hydrogen-bond acceptors (Lipinski definition) is 4. The molecule has 1 heterocycles. The SMILES string of the molecule is CCN(C(=O)CCCc1ccc(C)cc1)c1c(N)n(Cc2ccccc2)c(=O)[nH]c1=O. The fourth-order valence-electron chi connectivity index (χ4n) is 3.55. The summed E-state index contributed by atoms with van der Waals surface area (Å²) in [5.41, 5.74) is 8.22. The quantitative estimate of drug-likeness (QED) is 0.585. The van der Waals surface area contributed by atoms with Crippen molar-refractivity contribution in [3.8, 4) is 0 Å². The zero-order chi connectivity index (χ0) is 22.4. The average molecular weight is 421 g/mol. The Labute approximate surface area is 181 Å². The molecule has 3 rings (SSSR count). The molecular weight excluding hydrogens is 392 g/mol. The Balaban J connectivity index is 1.80. The van der Waals surface area contributed by atoms with Crippen LogP contribution in [0.4, 0.5) is 11.5 Å². The van der Waals surface area contributed by atoms with E-state index >= 15 is 0 Å². The Hall–Kier alpha value is -3.61. The standard InChI is InChI=1S/C24H28N4O3/c1-3-27(20(29)11-7-10-18-14-12-17(2)13-15-18)21-22(25)28(24(31)26-23(21)30)16-19-8-5-4-6-9-19/h4-6,8-9,12-15H,3,7,10-11,16,25H2,1-2H3,(H,26,30,31). The van der Waals surface area contributed by atoms with Gasteiger partial charge in [-0.15, -0.1) is 0 Å². The van der Waals surface area contributed by atoms with E-state index in [2.05, 4.69) is 17.1 Å². The van der Waals surface area contributed by atoms with E-state index in [1.165, 1.54) is 15.0 Å². The molecule has 1 aromatic heterocycles. The van der Waals surface area contributed by atoms with Crippen LogP contribution >= 0.6 is 0 Å². The predicted octanol–water partition coefficient (Wildman–Crippen LogP) is 2.85. The van der Waals surface area contributed by atoms with E-state index in [4.69, 9.17) is 5.73 Å². The Bertz CT molecular complexity index is 1150. The summed E-state index contributed by atoms with van der Waals surface area (Å²) in [6.07, 6.45) is 1.70. The van der Waals surface area contributed by atoms with Crippen molar-refractivity contribution in [1.29, 1.82) is 0 Å². The third-order valence-corrected chi connectivity index (χ3v) is 5.26. The van der Waals surface area contributed by atoms with Crippen LogP contribution in [0.2, 0.25) is 0 Å². The van der Waals surface area contributed by atoms with E-state index in [9.17, 15) is 14.4 Å². The molecule has 0 aliphatic heterocycles. The van der Waals surface area contributed by atoms with Crippen LogP contribution in [0.1, 0.15) is 36.5 Å². The van der Waals surface area contributed by atoms with Gasteiger partial charge in [-0.25, -0.2) is 4.79 Å². The Morgan fingerprint density at radius 1 is 1.03 bits per heavy atom. The molecule has 0 spiro atoms. The van der Waals surface area contributed by atoms with Gasteiger partial charge in [-0.2, -0.15) is 0 Å². The highest BCUT2D eigenvalue weighted by atomic mass is 16.2. The average Bonchev–Trinajstić information content (AvgIpc) is 2.76. The summed E-state index contributed by atoms with van der Waals surface area (Å²) in [6, 6.07) is 17.5. The van der Waals surface area contributed by atoms with Gasteiger partial charge in [0, 0.05) is 13.0 Å². The van der Waals surface area contributed by atoms with Crippen LogP contribution in [0.15, 0.2) is 64.2 Å². The third kappa shape index (κ3) is 5.31. The van der Waals surface area contributed by atoms with Crippen molar-refractivity contribution in [2.45, 2.75) is 39.7 Å². The van der Waals surface area contributed by atoms with E-state index < -0.39 is 11.2 Å². The summed E-state index contributed by atoms with van der Waals surface area (Å²) in [4.78, 5) is 41.5. The second kappa shape index (κ2) is 9.93. The van der Waals surface area contributed by atoms with Crippen molar-refractivity contribution in [3.05, 3.63) is 92.1 Å². The topological polar surface area (TPSA) is 101 Å². The van der Waals surface area contributed by atoms with Crippen molar-refractivity contribution in [2.75, 3.05) is 17.2 Å². The summed E-state index contributed by atoms with van der Waals surface area (Å²) in [5, 5.41) is 0. The highest BCUT2D eigenvalue weighted by Crippen LogP contribution is 2.19. The van der Waals surface area contributed by atoms with Crippen LogP contribution in [-0.4, -0.2) is 22.0 Å². The summed E-state index contributed by atoms with van der Waals surface area (Å²) in [6.45, 7) is 4.30. The number of anilines is 2. The Kier molecular flexibility index (Phi) is 7.07. The maximum atomic E-state index is 12.9. The maximum absolute atomic E-state index is 12.9. The van der Waals surface area contributed by atoms with E-state index in [1.807, 2.05) is 49.4 Å². The number of nitrogens with zero attached hydrogens (tertiary/aromatic N) is 2. The summed E-state index contributed by atoms with van der Waals surface area (Å²) >= 11 is 0. The molecule has 162 valence electrons. The molecule has 1 amide bonds. The van der Waals surface area contributed by atoms with Crippen LogP contribution < -0.4 is 21.9 Å². The first-order valence-electron chi connectivity index (χ1n) is 10.4. The van der Waals surface area contributed by atoms with Crippen molar-refractivity contribution in [3.63, 3.8) is 0 Å². The van der Waals surface area contributed by atoms with Crippen LogP contribution in [0.5, 0.6) is 0 Å². The lowest BCUT2D eigenvalue weighted by atomic mass is 10.1. The highest BCUT2D eigenvalue weighted by molar-refractivity contribution is 5.95. The summed E-state index contributed by atoms with van der Waals surface area (Å²) in [7, 11) is 0. The zero-order valence-electron chi connectivity index (χ0n) is 17.9. The number of rotatable bonds is 8. The van der Waals surface area contributed by atoms with Crippen LogP contribution in [0.3, 0.4) is 0 Å². The predicted molar refractivity (Wildman–Crippen MR) is 123 cm³/mol. The fraction of sp³-hybridized carbons (Fsp3) is 0.292. The normalized spacial score (nSPS) is 10.8. The van der Waals surface area contributed by atoms with Crippen LogP contribution in [0, 0.1) is 6.92 Å². The van der Waals surface area contributed by atoms with Gasteiger partial charge in [-0.3, -0.25) is 19.1 Å². The van der Waals surface area contributed by atoms with Gasteiger partial charge >= 0.3 is 5.69 Å². The van der Waals surface area contributed by atoms with Gasteiger partial charge in [0.15, 0.2) is 5.69 Å². The van der Waals surface area contributed by atoms with Crippen molar-refractivity contribution in [2.24, 2.45) is 0 Å². The lowest BCUT2D eigenvalue weighted by Crippen LogP contribution is -2.41. The molecular formula is C24H28N4O3. The smallest absolute Gasteiger partial charge is 0.330 e. The second-order valence-corrected chi connectivity index (χ2v) is 7.54. The van der Waals surface area contributed by atoms with Gasteiger partial charge in [-0.1, -0.05) is 60.2 Å². The molecule has 7 heteroatoms. The molecule has 0 saturated carbocycles. The maximum Gasteiger partial charge on any atom is 0.330 e. The van der Waals surface area contributed by atoms with E-state index in [0.29, 0.717) is 6.42 Å². The molecule has 0 radical (unpaired) electrons. The third-order valence-electron chi connectivity index (χ3n) is 5.26. The minimum absolute atomic E-state index is 0.00802. The van der Waals surface area contributed by atoms with Crippen LogP contribution in [-0.2, 0) is 17.8 Å². The lowest BCUT2D eigenvalue weighted by Gasteiger charge is -2.23. The molecule has 0 bridgehead atoms. The summed E-state index contributed by atoms with van der Waals surface area (Å²) in [5.74, 6) is -0.206. The molecule has 7 nitrogen and oxygen atoms in total. The number of amides is 1. The molecule has 0 aliphatic rings. The van der Waals surface area contributed by atoms with E-state index in [0.717, 1.165) is 17.5 Å². The number of aromatic amines is 1. The second-order valence-electron chi connectivity index (χ2n) is 7.54. The minimum atomic E-state index is -0.652. The van der Waals surface area contributed by atoms with Crippen LogP contribution in [0.25, 0.3) is 0 Å². The number of benzene rings is 2. The van der Waals surface area contributed by atoms with Gasteiger partial charge < -0.3 is 10.6 Å². The molecule has 3 aromatic rings. The van der Waals surface area contributed by atoms with Crippen molar-refractivity contribution >= 4 is 17.4 Å². The number of hydrogen-bond donors (Lipinski definition) is 2. The molecule has 0 unspecified atom stereocenters. The highest BCUT2D eigenvalue weighted by Gasteiger charge is 2.22. The number of nitrogens with one attached hydrogen (secondary N) is 1. The number of carbonyl (C=O) groups is 1. The zero-order valence-corrected chi connectivity index (χ0v) is 17.9. The minimum Gasteiger partial charge on any atom is -0.383 e.